The summed E-state index contributed by atoms with van der Waals surface area (Å²) in [5.74, 6) is 1.08. The zero-order chi connectivity index (χ0) is 11.2. The molecule has 92 valence electrons. The summed E-state index contributed by atoms with van der Waals surface area (Å²) in [5.41, 5.74) is 0. The molecule has 1 heterocycles. The van der Waals surface area contributed by atoms with Gasteiger partial charge in [0.15, 0.2) is 0 Å². The highest BCUT2D eigenvalue weighted by atomic mass is 16.7. The normalized spacial score (nSPS) is 22.6. The number of carbonyl (C=O) groups excluding carboxylic acids is 1. The summed E-state index contributed by atoms with van der Waals surface area (Å²) in [6, 6.07) is 0. The fourth-order valence-electron chi connectivity index (χ4n) is 2.79. The van der Waals surface area contributed by atoms with E-state index < -0.39 is 0 Å². The van der Waals surface area contributed by atoms with Gasteiger partial charge in [0.05, 0.1) is 13.2 Å². The van der Waals surface area contributed by atoms with Crippen LogP contribution in [0.3, 0.4) is 0 Å². The lowest BCUT2D eigenvalue weighted by molar-refractivity contribution is -0.168. The van der Waals surface area contributed by atoms with Crippen LogP contribution in [-0.4, -0.2) is 24.1 Å². The van der Waals surface area contributed by atoms with E-state index in [0.29, 0.717) is 13.0 Å². The van der Waals surface area contributed by atoms with Crippen LogP contribution in [0, 0.1) is 5.92 Å². The summed E-state index contributed by atoms with van der Waals surface area (Å²) in [5, 5.41) is 1.56. The molecule has 3 heteroatoms. The van der Waals surface area contributed by atoms with Crippen molar-refractivity contribution in [3.8, 4) is 0 Å². The van der Waals surface area contributed by atoms with Crippen LogP contribution < -0.4 is 0 Å². The minimum absolute atomic E-state index is 0.188. The first-order valence-electron chi connectivity index (χ1n) is 6.79. The molecule has 2 rings (SSSR count). The van der Waals surface area contributed by atoms with E-state index in [1.165, 1.54) is 38.5 Å². The Hall–Kier alpha value is -0.570. The van der Waals surface area contributed by atoms with Gasteiger partial charge in [-0.2, -0.15) is 0 Å². The van der Waals surface area contributed by atoms with E-state index in [1.807, 2.05) is 0 Å². The quantitative estimate of drug-likeness (QED) is 0.736. The third-order valence-electron chi connectivity index (χ3n) is 3.76. The largest absolute Gasteiger partial charge is 0.273 e. The van der Waals surface area contributed by atoms with Gasteiger partial charge in [-0.05, 0) is 25.2 Å². The van der Waals surface area contributed by atoms with Crippen molar-refractivity contribution in [2.75, 3.05) is 13.2 Å². The lowest BCUT2D eigenvalue weighted by atomic mass is 9.86. The van der Waals surface area contributed by atoms with E-state index in [-0.39, 0.29) is 5.91 Å². The Balaban J connectivity index is 1.57. The van der Waals surface area contributed by atoms with Crippen molar-refractivity contribution in [3.05, 3.63) is 0 Å². The fraction of sp³-hybridized carbons (Fsp3) is 0.923. The van der Waals surface area contributed by atoms with Gasteiger partial charge in [-0.15, -0.1) is 0 Å². The number of hydroxylamine groups is 2. The molecule has 0 radical (unpaired) electrons. The van der Waals surface area contributed by atoms with Gasteiger partial charge in [-0.25, -0.2) is 5.06 Å². The molecule has 2 aliphatic rings. The highest BCUT2D eigenvalue weighted by molar-refractivity contribution is 5.75. The summed E-state index contributed by atoms with van der Waals surface area (Å²) in [7, 11) is 0. The van der Waals surface area contributed by atoms with Gasteiger partial charge in [-0.1, -0.05) is 32.1 Å². The average molecular weight is 225 g/mol. The van der Waals surface area contributed by atoms with Gasteiger partial charge in [0.1, 0.15) is 0 Å². The predicted molar refractivity (Wildman–Crippen MR) is 62.7 cm³/mol. The molecule has 16 heavy (non-hydrogen) atoms. The minimum Gasteiger partial charge on any atom is -0.273 e. The van der Waals surface area contributed by atoms with Crippen molar-refractivity contribution in [1.29, 1.82) is 0 Å². The van der Waals surface area contributed by atoms with Crippen molar-refractivity contribution in [3.63, 3.8) is 0 Å². The second-order valence-electron chi connectivity index (χ2n) is 5.08. The van der Waals surface area contributed by atoms with Crippen molar-refractivity contribution >= 4 is 5.91 Å². The summed E-state index contributed by atoms with van der Waals surface area (Å²) in [6.07, 6.45) is 10.9. The molecule has 1 aliphatic heterocycles. The maximum absolute atomic E-state index is 11.7. The second-order valence-corrected chi connectivity index (χ2v) is 5.08. The molecule has 0 N–H and O–H groups in total. The topological polar surface area (TPSA) is 29.5 Å². The van der Waals surface area contributed by atoms with Crippen LogP contribution in [0.5, 0.6) is 0 Å². The zero-order valence-electron chi connectivity index (χ0n) is 10.1. The number of amides is 1. The first-order chi connectivity index (χ1) is 7.86. The maximum atomic E-state index is 11.7. The highest BCUT2D eigenvalue weighted by Crippen LogP contribution is 2.27. The highest BCUT2D eigenvalue weighted by Gasteiger charge is 2.19. The fourth-order valence-corrected chi connectivity index (χ4v) is 2.79. The third-order valence-corrected chi connectivity index (χ3v) is 3.76. The molecule has 1 saturated heterocycles. The minimum atomic E-state index is 0.188. The summed E-state index contributed by atoms with van der Waals surface area (Å²) < 4.78 is 0. The molecule has 0 aromatic carbocycles. The van der Waals surface area contributed by atoms with Crippen LogP contribution in [0.25, 0.3) is 0 Å². The number of hydrogen-bond acceptors (Lipinski definition) is 2. The molecule has 0 aromatic rings. The first-order valence-corrected chi connectivity index (χ1v) is 6.79. The third kappa shape index (κ3) is 3.48. The molecule has 0 bridgehead atoms. The Kier molecular flexibility index (Phi) is 4.64. The molecule has 2 fully saturated rings. The van der Waals surface area contributed by atoms with Gasteiger partial charge >= 0.3 is 0 Å². The lowest BCUT2D eigenvalue weighted by Gasteiger charge is -2.21. The summed E-state index contributed by atoms with van der Waals surface area (Å²) in [4.78, 5) is 16.9. The van der Waals surface area contributed by atoms with Crippen molar-refractivity contribution in [1.82, 2.24) is 5.06 Å². The predicted octanol–water partition coefficient (Wildman–Crippen LogP) is 2.90. The summed E-state index contributed by atoms with van der Waals surface area (Å²) in [6.45, 7) is 1.51. The van der Waals surface area contributed by atoms with E-state index >= 15 is 0 Å². The molecule has 0 atom stereocenters. The molecular formula is C13H23NO2. The average Bonchev–Trinajstić information content (AvgIpc) is 2.84. The number of rotatable bonds is 4. The maximum Gasteiger partial charge on any atom is 0.246 e. The Morgan fingerprint density at radius 2 is 2.00 bits per heavy atom. The number of hydrogen-bond donors (Lipinski definition) is 0. The van der Waals surface area contributed by atoms with Crippen LogP contribution in [0.4, 0.5) is 0 Å². The zero-order valence-corrected chi connectivity index (χ0v) is 10.1. The molecule has 1 saturated carbocycles. The van der Waals surface area contributed by atoms with Gasteiger partial charge in [0.2, 0.25) is 5.91 Å². The van der Waals surface area contributed by atoms with Gasteiger partial charge in [0.25, 0.3) is 0 Å². The Labute approximate surface area is 98.1 Å². The van der Waals surface area contributed by atoms with E-state index in [9.17, 15) is 4.79 Å². The van der Waals surface area contributed by atoms with Gasteiger partial charge in [0, 0.05) is 6.42 Å². The Bertz CT molecular complexity index is 218. The van der Waals surface area contributed by atoms with Crippen molar-refractivity contribution in [2.45, 2.75) is 57.8 Å². The smallest absolute Gasteiger partial charge is 0.246 e. The molecule has 3 nitrogen and oxygen atoms in total. The molecule has 0 aromatic heterocycles. The standard InChI is InChI=1S/C13H23NO2/c15-13(14-10-5-11-16-14)9-4-8-12-6-2-1-3-7-12/h12H,1-11H2. The van der Waals surface area contributed by atoms with Crippen molar-refractivity contribution < 1.29 is 9.63 Å². The van der Waals surface area contributed by atoms with E-state index in [2.05, 4.69) is 0 Å². The van der Waals surface area contributed by atoms with E-state index in [0.717, 1.165) is 25.3 Å². The molecule has 0 spiro atoms. The molecule has 0 unspecified atom stereocenters. The second kappa shape index (κ2) is 6.24. The summed E-state index contributed by atoms with van der Waals surface area (Å²) >= 11 is 0. The number of nitrogens with zero attached hydrogens (tertiary/aromatic N) is 1. The molecule has 1 amide bonds. The van der Waals surface area contributed by atoms with Crippen LogP contribution in [-0.2, 0) is 9.63 Å². The van der Waals surface area contributed by atoms with Crippen LogP contribution in [0.1, 0.15) is 57.8 Å². The lowest BCUT2D eigenvalue weighted by Crippen LogP contribution is -2.26. The first kappa shape index (κ1) is 11.9. The van der Waals surface area contributed by atoms with Crippen LogP contribution in [0.2, 0.25) is 0 Å². The molecule has 1 aliphatic carbocycles. The van der Waals surface area contributed by atoms with Crippen LogP contribution in [0.15, 0.2) is 0 Å². The van der Waals surface area contributed by atoms with Gasteiger partial charge in [-0.3, -0.25) is 9.63 Å². The van der Waals surface area contributed by atoms with Crippen molar-refractivity contribution in [2.24, 2.45) is 5.92 Å². The van der Waals surface area contributed by atoms with E-state index in [4.69, 9.17) is 4.84 Å². The Morgan fingerprint density at radius 1 is 1.19 bits per heavy atom. The Morgan fingerprint density at radius 3 is 2.69 bits per heavy atom. The SMILES string of the molecule is O=C(CCCC1CCCCC1)N1CCCO1. The van der Waals surface area contributed by atoms with Gasteiger partial charge < -0.3 is 0 Å². The van der Waals surface area contributed by atoms with E-state index in [1.54, 1.807) is 5.06 Å². The monoisotopic (exact) mass is 225 g/mol. The molecular weight excluding hydrogens is 202 g/mol. The number of carbonyl (C=O) groups is 1. The van der Waals surface area contributed by atoms with Crippen LogP contribution >= 0.6 is 0 Å².